The number of para-hydroxylation sites is 2. The van der Waals surface area contributed by atoms with Crippen molar-refractivity contribution in [3.8, 4) is 16.5 Å². The fourth-order valence-corrected chi connectivity index (χ4v) is 3.68. The van der Waals surface area contributed by atoms with Crippen LogP contribution in [-0.2, 0) is 0 Å². The van der Waals surface area contributed by atoms with E-state index in [1.54, 1.807) is 6.20 Å². The van der Waals surface area contributed by atoms with Crippen LogP contribution in [0.4, 0.5) is 0 Å². The van der Waals surface area contributed by atoms with Crippen molar-refractivity contribution in [3.63, 3.8) is 0 Å². The number of benzene rings is 2. The van der Waals surface area contributed by atoms with Gasteiger partial charge in [-0.25, -0.2) is 19.7 Å². The van der Waals surface area contributed by atoms with Gasteiger partial charge in [-0.05, 0) is 37.1 Å². The van der Waals surface area contributed by atoms with Crippen LogP contribution in [0.5, 0.6) is 5.75 Å². The van der Waals surface area contributed by atoms with Crippen LogP contribution in [0.3, 0.4) is 0 Å². The van der Waals surface area contributed by atoms with Gasteiger partial charge in [0.25, 0.3) is 0 Å². The summed E-state index contributed by atoms with van der Waals surface area (Å²) in [4.78, 5) is 25.9. The first-order valence-electron chi connectivity index (χ1n) is 8.09. The molecule has 0 bridgehead atoms. The van der Waals surface area contributed by atoms with Gasteiger partial charge in [-0.2, -0.15) is 0 Å². The van der Waals surface area contributed by atoms with Crippen LogP contribution in [0.1, 0.15) is 21.6 Å². The molecule has 0 radical (unpaired) electrons. The van der Waals surface area contributed by atoms with Crippen LogP contribution >= 0.6 is 11.3 Å². The lowest BCUT2D eigenvalue weighted by molar-refractivity contribution is 0.0726. The minimum absolute atomic E-state index is 0.161. The summed E-state index contributed by atoms with van der Waals surface area (Å²) in [6, 6.07) is 13.5. The fourth-order valence-electron chi connectivity index (χ4n) is 2.72. The van der Waals surface area contributed by atoms with Crippen LogP contribution in [0.15, 0.2) is 54.9 Å². The highest BCUT2D eigenvalue weighted by molar-refractivity contribution is 7.21. The number of nitrogens with zero attached hydrogens (tertiary/aromatic N) is 3. The van der Waals surface area contributed by atoms with Crippen LogP contribution in [0, 0.1) is 13.8 Å². The lowest BCUT2D eigenvalue weighted by Gasteiger charge is -2.10. The summed E-state index contributed by atoms with van der Waals surface area (Å²) in [5.74, 6) is 0.0168. The summed E-state index contributed by atoms with van der Waals surface area (Å²) in [5, 5.41) is 0.646. The zero-order valence-electron chi connectivity index (χ0n) is 14.3. The number of carbonyl (C=O) groups excluding carboxylic acids is 1. The molecule has 2 heterocycles. The topological polar surface area (TPSA) is 65.0 Å². The van der Waals surface area contributed by atoms with Crippen molar-refractivity contribution in [2.75, 3.05) is 0 Å². The van der Waals surface area contributed by atoms with Gasteiger partial charge >= 0.3 is 5.97 Å². The Hall–Kier alpha value is -3.12. The molecule has 4 aromatic rings. The van der Waals surface area contributed by atoms with E-state index >= 15 is 0 Å². The Labute approximate surface area is 154 Å². The second-order valence-corrected chi connectivity index (χ2v) is 6.88. The molecule has 2 aromatic carbocycles. The summed E-state index contributed by atoms with van der Waals surface area (Å²) in [6.45, 7) is 3.81. The van der Waals surface area contributed by atoms with Crippen molar-refractivity contribution in [1.82, 2.24) is 15.0 Å². The zero-order valence-corrected chi connectivity index (χ0v) is 15.1. The van der Waals surface area contributed by atoms with Gasteiger partial charge in [-0.15, -0.1) is 11.3 Å². The standard InChI is InChI=1S/C20H15N3O2S/c1-12-6-5-7-13(2)18(12)25-20(24)17-16(21-10-11-22-17)19-23-14-8-3-4-9-15(14)26-19/h3-11H,1-2H3. The van der Waals surface area contributed by atoms with Crippen molar-refractivity contribution < 1.29 is 9.53 Å². The molecule has 128 valence electrons. The smallest absolute Gasteiger partial charge is 0.364 e. The van der Waals surface area contributed by atoms with Gasteiger partial charge in [0.15, 0.2) is 5.69 Å². The second kappa shape index (κ2) is 6.65. The average molecular weight is 361 g/mol. The molecule has 0 atom stereocenters. The Bertz CT molecular complexity index is 1070. The molecule has 26 heavy (non-hydrogen) atoms. The summed E-state index contributed by atoms with van der Waals surface area (Å²) in [7, 11) is 0. The molecule has 0 saturated heterocycles. The van der Waals surface area contributed by atoms with E-state index in [4.69, 9.17) is 4.74 Å². The Morgan fingerprint density at radius 1 is 0.962 bits per heavy atom. The highest BCUT2D eigenvalue weighted by Gasteiger charge is 2.21. The quantitative estimate of drug-likeness (QED) is 0.394. The molecular formula is C20H15N3O2S. The number of aromatic nitrogens is 3. The van der Waals surface area contributed by atoms with Gasteiger partial charge in [-0.1, -0.05) is 30.3 Å². The van der Waals surface area contributed by atoms with Crippen LogP contribution in [-0.4, -0.2) is 20.9 Å². The van der Waals surface area contributed by atoms with E-state index in [2.05, 4.69) is 15.0 Å². The molecule has 2 aromatic heterocycles. The van der Waals surface area contributed by atoms with E-state index < -0.39 is 5.97 Å². The number of ether oxygens (including phenoxy) is 1. The first kappa shape index (κ1) is 16.4. The molecule has 0 fully saturated rings. The number of hydrogen-bond acceptors (Lipinski definition) is 6. The normalized spacial score (nSPS) is 10.8. The molecule has 0 amide bonds. The first-order valence-corrected chi connectivity index (χ1v) is 8.90. The monoisotopic (exact) mass is 361 g/mol. The van der Waals surface area contributed by atoms with E-state index in [1.165, 1.54) is 17.5 Å². The van der Waals surface area contributed by atoms with E-state index in [0.29, 0.717) is 16.5 Å². The third-order valence-corrected chi connectivity index (χ3v) is 5.03. The summed E-state index contributed by atoms with van der Waals surface area (Å²) in [5.41, 5.74) is 3.25. The van der Waals surface area contributed by atoms with E-state index in [1.807, 2.05) is 56.3 Å². The Kier molecular flexibility index (Phi) is 4.18. The third-order valence-electron chi connectivity index (χ3n) is 3.99. The maximum Gasteiger partial charge on any atom is 0.364 e. The van der Waals surface area contributed by atoms with Gasteiger partial charge in [0, 0.05) is 12.4 Å². The molecule has 0 spiro atoms. The van der Waals surface area contributed by atoms with Gasteiger partial charge in [-0.3, -0.25) is 0 Å². The van der Waals surface area contributed by atoms with Crippen LogP contribution < -0.4 is 4.74 Å². The predicted molar refractivity (Wildman–Crippen MR) is 102 cm³/mol. The molecule has 0 saturated carbocycles. The van der Waals surface area contributed by atoms with Crippen molar-refractivity contribution in [3.05, 3.63) is 71.7 Å². The zero-order chi connectivity index (χ0) is 18.1. The van der Waals surface area contributed by atoms with Crippen molar-refractivity contribution in [1.29, 1.82) is 0 Å². The molecule has 0 N–H and O–H groups in total. The van der Waals surface area contributed by atoms with E-state index in [0.717, 1.165) is 21.3 Å². The Morgan fingerprint density at radius 2 is 1.69 bits per heavy atom. The van der Waals surface area contributed by atoms with Crippen molar-refractivity contribution in [2.45, 2.75) is 13.8 Å². The van der Waals surface area contributed by atoms with E-state index in [9.17, 15) is 4.79 Å². The number of hydrogen-bond donors (Lipinski definition) is 0. The lowest BCUT2D eigenvalue weighted by atomic mass is 10.1. The SMILES string of the molecule is Cc1cccc(C)c1OC(=O)c1nccnc1-c1nc2ccccc2s1. The summed E-state index contributed by atoms with van der Waals surface area (Å²) < 4.78 is 6.66. The van der Waals surface area contributed by atoms with Gasteiger partial charge in [0.2, 0.25) is 0 Å². The minimum atomic E-state index is -0.537. The lowest BCUT2D eigenvalue weighted by Crippen LogP contribution is -2.14. The molecule has 0 unspecified atom stereocenters. The average Bonchev–Trinajstić information content (AvgIpc) is 3.09. The number of esters is 1. The fraction of sp³-hybridized carbons (Fsp3) is 0.100. The maximum absolute atomic E-state index is 12.8. The number of fused-ring (bicyclic) bond motifs is 1. The molecule has 0 aliphatic carbocycles. The van der Waals surface area contributed by atoms with Crippen LogP contribution in [0.2, 0.25) is 0 Å². The summed E-state index contributed by atoms with van der Waals surface area (Å²) in [6.07, 6.45) is 3.04. The molecule has 0 aliphatic heterocycles. The molecular weight excluding hydrogens is 346 g/mol. The van der Waals surface area contributed by atoms with Crippen molar-refractivity contribution in [2.24, 2.45) is 0 Å². The first-order chi connectivity index (χ1) is 12.6. The molecule has 6 heteroatoms. The number of aryl methyl sites for hydroxylation is 2. The summed E-state index contributed by atoms with van der Waals surface area (Å²) >= 11 is 1.47. The number of rotatable bonds is 3. The highest BCUT2D eigenvalue weighted by atomic mass is 32.1. The largest absolute Gasteiger partial charge is 0.421 e. The second-order valence-electron chi connectivity index (χ2n) is 5.85. The molecule has 0 aliphatic rings. The Balaban J connectivity index is 1.75. The van der Waals surface area contributed by atoms with Gasteiger partial charge < -0.3 is 4.74 Å². The van der Waals surface area contributed by atoms with E-state index in [-0.39, 0.29) is 5.69 Å². The molecule has 4 rings (SSSR count). The number of thiazole rings is 1. The predicted octanol–water partition coefficient (Wildman–Crippen LogP) is 4.59. The number of carbonyl (C=O) groups is 1. The van der Waals surface area contributed by atoms with Crippen LogP contribution in [0.25, 0.3) is 20.9 Å². The Morgan fingerprint density at radius 3 is 2.46 bits per heavy atom. The molecule has 5 nitrogen and oxygen atoms in total. The van der Waals surface area contributed by atoms with Gasteiger partial charge in [0.1, 0.15) is 16.5 Å². The van der Waals surface area contributed by atoms with Gasteiger partial charge in [0.05, 0.1) is 10.2 Å². The maximum atomic E-state index is 12.8. The third kappa shape index (κ3) is 2.95. The highest BCUT2D eigenvalue weighted by Crippen LogP contribution is 2.31. The minimum Gasteiger partial charge on any atom is -0.421 e. The van der Waals surface area contributed by atoms with Crippen molar-refractivity contribution >= 4 is 27.5 Å².